The Morgan fingerprint density at radius 2 is 2.23 bits per heavy atom. The third-order valence-electron chi connectivity index (χ3n) is 3.59. The predicted molar refractivity (Wildman–Crippen MR) is 89.7 cm³/mol. The zero-order valence-corrected chi connectivity index (χ0v) is 14.8. The smallest absolute Gasteiger partial charge is 0.337 e. The van der Waals surface area contributed by atoms with Gasteiger partial charge in [-0.2, -0.15) is 0 Å². The van der Waals surface area contributed by atoms with Crippen molar-refractivity contribution >= 4 is 39.2 Å². The van der Waals surface area contributed by atoms with Crippen molar-refractivity contribution in [2.75, 3.05) is 13.7 Å². The number of ether oxygens (including phenoxy) is 1. The van der Waals surface area contributed by atoms with Crippen LogP contribution >= 0.6 is 28.1 Å². The first-order chi connectivity index (χ1) is 10.4. The highest BCUT2D eigenvalue weighted by Gasteiger charge is 2.34. The molecule has 4 nitrogen and oxygen atoms in total. The van der Waals surface area contributed by atoms with E-state index in [-0.39, 0.29) is 5.82 Å². The maximum atomic E-state index is 13.5. The maximum absolute atomic E-state index is 13.5. The van der Waals surface area contributed by atoms with Gasteiger partial charge in [0.15, 0.2) is 5.11 Å². The van der Waals surface area contributed by atoms with E-state index < -0.39 is 12.0 Å². The van der Waals surface area contributed by atoms with E-state index >= 15 is 0 Å². The minimum Gasteiger partial charge on any atom is -0.466 e. The van der Waals surface area contributed by atoms with Crippen molar-refractivity contribution in [1.82, 2.24) is 10.2 Å². The van der Waals surface area contributed by atoms with Gasteiger partial charge in [0.2, 0.25) is 0 Å². The molecule has 22 heavy (non-hydrogen) atoms. The third kappa shape index (κ3) is 3.01. The van der Waals surface area contributed by atoms with E-state index in [4.69, 9.17) is 17.0 Å². The van der Waals surface area contributed by atoms with Gasteiger partial charge in [-0.05, 0) is 59.7 Å². The summed E-state index contributed by atoms with van der Waals surface area (Å²) < 4.78 is 18.7. The summed E-state index contributed by atoms with van der Waals surface area (Å²) in [7, 11) is 1.34. The molecule has 1 heterocycles. The maximum Gasteiger partial charge on any atom is 0.337 e. The van der Waals surface area contributed by atoms with Crippen LogP contribution < -0.4 is 5.32 Å². The molecular formula is C15H16BrFN2O2S. The summed E-state index contributed by atoms with van der Waals surface area (Å²) in [5, 5.41) is 3.66. The number of halogens is 2. The molecule has 0 amide bonds. The van der Waals surface area contributed by atoms with E-state index in [1.165, 1.54) is 13.2 Å². The highest BCUT2D eigenvalue weighted by atomic mass is 79.9. The Morgan fingerprint density at radius 1 is 1.55 bits per heavy atom. The van der Waals surface area contributed by atoms with Crippen molar-refractivity contribution in [1.29, 1.82) is 0 Å². The van der Waals surface area contributed by atoms with Crippen LogP contribution in [0.15, 0.2) is 33.9 Å². The predicted octanol–water partition coefficient (Wildman–Crippen LogP) is 3.29. The molecule has 2 rings (SSSR count). The average Bonchev–Trinajstić information content (AvgIpc) is 2.49. The highest BCUT2D eigenvalue weighted by Crippen LogP contribution is 2.32. The Balaban J connectivity index is 2.57. The lowest BCUT2D eigenvalue weighted by atomic mass is 9.95. The molecule has 0 fully saturated rings. The molecule has 1 aromatic rings. The van der Waals surface area contributed by atoms with Crippen molar-refractivity contribution < 1.29 is 13.9 Å². The van der Waals surface area contributed by atoms with Crippen LogP contribution in [0, 0.1) is 5.82 Å². The summed E-state index contributed by atoms with van der Waals surface area (Å²) in [6, 6.07) is 4.13. The Labute approximate surface area is 142 Å². The largest absolute Gasteiger partial charge is 0.466 e. The Hall–Kier alpha value is -1.47. The zero-order valence-electron chi connectivity index (χ0n) is 12.4. The molecule has 0 radical (unpaired) electrons. The van der Waals surface area contributed by atoms with E-state index in [1.807, 2.05) is 18.7 Å². The van der Waals surface area contributed by atoms with E-state index in [1.54, 1.807) is 12.1 Å². The summed E-state index contributed by atoms with van der Waals surface area (Å²) in [5.41, 5.74) is 1.94. The Bertz CT molecular complexity index is 663. The van der Waals surface area contributed by atoms with Crippen LogP contribution in [-0.2, 0) is 9.53 Å². The van der Waals surface area contributed by atoms with E-state index in [2.05, 4.69) is 21.2 Å². The number of rotatable bonds is 3. The molecule has 0 aliphatic carbocycles. The van der Waals surface area contributed by atoms with Crippen LogP contribution in [0.25, 0.3) is 0 Å². The summed E-state index contributed by atoms with van der Waals surface area (Å²) >= 11 is 8.52. The number of nitrogens with one attached hydrogen (secondary N) is 1. The molecule has 7 heteroatoms. The van der Waals surface area contributed by atoms with Crippen LogP contribution in [0.4, 0.5) is 4.39 Å². The molecule has 0 aromatic heterocycles. The minimum absolute atomic E-state index is 0.331. The SMILES string of the molecule is CCN1C(=S)N[C@H](c2ccc(F)c(Br)c2)C(C(=O)OC)=C1C. The fourth-order valence-electron chi connectivity index (χ4n) is 2.48. The number of carbonyl (C=O) groups is 1. The van der Waals surface area contributed by atoms with Crippen LogP contribution in [0.5, 0.6) is 0 Å². The van der Waals surface area contributed by atoms with Gasteiger partial charge in [-0.1, -0.05) is 6.07 Å². The number of methoxy groups -OCH3 is 1. The average molecular weight is 387 g/mol. The number of hydrogen-bond donors (Lipinski definition) is 1. The van der Waals surface area contributed by atoms with Gasteiger partial charge < -0.3 is 15.0 Å². The number of esters is 1. The summed E-state index contributed by atoms with van der Waals surface area (Å²) in [5.74, 6) is -0.797. The summed E-state index contributed by atoms with van der Waals surface area (Å²) in [6.07, 6.45) is 0. The van der Waals surface area contributed by atoms with Gasteiger partial charge in [0, 0.05) is 12.2 Å². The molecule has 1 aliphatic heterocycles. The second kappa shape index (κ2) is 6.75. The first-order valence-electron chi connectivity index (χ1n) is 6.72. The van der Waals surface area contributed by atoms with Gasteiger partial charge in [-0.3, -0.25) is 0 Å². The van der Waals surface area contributed by atoms with E-state index in [0.29, 0.717) is 21.7 Å². The standard InChI is InChI=1S/C15H16BrFN2O2S/c1-4-19-8(2)12(14(20)21-3)13(18-15(19)22)9-5-6-11(17)10(16)7-9/h5-7,13H,4H2,1-3H3,(H,18,22)/t13-/m1/s1. The molecule has 118 valence electrons. The second-order valence-corrected chi connectivity index (χ2v) is 6.03. The van der Waals surface area contributed by atoms with Crippen LogP contribution in [0.2, 0.25) is 0 Å². The first kappa shape index (κ1) is 16.9. The molecule has 0 spiro atoms. The number of hydrogen-bond acceptors (Lipinski definition) is 3. The molecule has 1 aliphatic rings. The minimum atomic E-state index is -0.473. The van der Waals surface area contributed by atoms with Crippen molar-refractivity contribution in [2.45, 2.75) is 19.9 Å². The van der Waals surface area contributed by atoms with E-state index in [9.17, 15) is 9.18 Å². The van der Waals surface area contributed by atoms with Crippen LogP contribution in [0.1, 0.15) is 25.5 Å². The Morgan fingerprint density at radius 3 is 2.77 bits per heavy atom. The lowest BCUT2D eigenvalue weighted by Gasteiger charge is -2.36. The molecular weight excluding hydrogens is 371 g/mol. The van der Waals surface area contributed by atoms with Crippen molar-refractivity contribution in [2.24, 2.45) is 0 Å². The lowest BCUT2D eigenvalue weighted by Crippen LogP contribution is -2.47. The van der Waals surface area contributed by atoms with Gasteiger partial charge in [0.25, 0.3) is 0 Å². The normalized spacial score (nSPS) is 18.3. The van der Waals surface area contributed by atoms with Gasteiger partial charge in [0.1, 0.15) is 5.82 Å². The molecule has 1 N–H and O–H groups in total. The summed E-state index contributed by atoms with van der Waals surface area (Å²) in [4.78, 5) is 14.0. The number of carbonyl (C=O) groups excluding carboxylic acids is 1. The summed E-state index contributed by atoms with van der Waals surface area (Å²) in [6.45, 7) is 4.41. The Kier molecular flexibility index (Phi) is 5.18. The van der Waals surface area contributed by atoms with Gasteiger partial charge in [-0.15, -0.1) is 0 Å². The number of nitrogens with zero attached hydrogens (tertiary/aromatic N) is 1. The third-order valence-corrected chi connectivity index (χ3v) is 4.54. The van der Waals surface area contributed by atoms with Crippen molar-refractivity contribution in [3.05, 3.63) is 45.3 Å². The lowest BCUT2D eigenvalue weighted by molar-refractivity contribution is -0.136. The molecule has 0 unspecified atom stereocenters. The number of benzene rings is 1. The number of thiocarbonyl (C=S) groups is 1. The van der Waals surface area contributed by atoms with Gasteiger partial charge in [0.05, 0.1) is 23.2 Å². The second-order valence-electron chi connectivity index (χ2n) is 4.79. The monoisotopic (exact) mass is 386 g/mol. The molecule has 1 aromatic carbocycles. The first-order valence-corrected chi connectivity index (χ1v) is 7.92. The van der Waals surface area contributed by atoms with E-state index in [0.717, 1.165) is 11.3 Å². The highest BCUT2D eigenvalue weighted by molar-refractivity contribution is 9.10. The van der Waals surface area contributed by atoms with Crippen LogP contribution in [-0.4, -0.2) is 29.6 Å². The van der Waals surface area contributed by atoms with Crippen molar-refractivity contribution in [3.63, 3.8) is 0 Å². The topological polar surface area (TPSA) is 41.6 Å². The zero-order chi connectivity index (χ0) is 16.4. The number of allylic oxidation sites excluding steroid dienone is 1. The molecule has 1 atom stereocenters. The van der Waals surface area contributed by atoms with Gasteiger partial charge in [-0.25, -0.2) is 9.18 Å². The fourth-order valence-corrected chi connectivity index (χ4v) is 3.26. The van der Waals surface area contributed by atoms with Crippen LogP contribution in [0.3, 0.4) is 0 Å². The molecule has 0 saturated heterocycles. The quantitative estimate of drug-likeness (QED) is 0.637. The fraction of sp³-hybridized carbons (Fsp3) is 0.333. The van der Waals surface area contributed by atoms with Gasteiger partial charge >= 0.3 is 5.97 Å². The molecule has 0 saturated carbocycles. The van der Waals surface area contributed by atoms with Crippen molar-refractivity contribution in [3.8, 4) is 0 Å². The molecule has 0 bridgehead atoms.